The smallest absolute Gasteiger partial charge is 0.243 e. The molecule has 2 aromatic rings. The lowest BCUT2D eigenvalue weighted by Gasteiger charge is -2.30. The van der Waals surface area contributed by atoms with Crippen molar-refractivity contribution in [2.45, 2.75) is 38.1 Å². The van der Waals surface area contributed by atoms with Gasteiger partial charge < -0.3 is 5.32 Å². The van der Waals surface area contributed by atoms with Crippen molar-refractivity contribution in [3.05, 3.63) is 59.7 Å². The molecule has 0 radical (unpaired) electrons. The second-order valence-corrected chi connectivity index (χ2v) is 9.81. The van der Waals surface area contributed by atoms with Crippen molar-refractivity contribution < 1.29 is 13.2 Å². The van der Waals surface area contributed by atoms with Gasteiger partial charge in [0.05, 0.1) is 11.9 Å². The van der Waals surface area contributed by atoms with Crippen molar-refractivity contribution in [2.24, 2.45) is 0 Å². The van der Waals surface area contributed by atoms with Gasteiger partial charge in [-0.1, -0.05) is 31.2 Å². The Kier molecular flexibility index (Phi) is 7.95. The molecule has 7 heteroatoms. The maximum absolute atomic E-state index is 12.8. The molecule has 1 unspecified atom stereocenters. The second kappa shape index (κ2) is 9.98. The van der Waals surface area contributed by atoms with E-state index in [2.05, 4.69) is 5.32 Å². The van der Waals surface area contributed by atoms with E-state index < -0.39 is 16.1 Å². The van der Waals surface area contributed by atoms with E-state index >= 15 is 0 Å². The van der Waals surface area contributed by atoms with Crippen LogP contribution < -0.4 is 9.62 Å². The molecule has 1 N–H and O–H groups in total. The maximum Gasteiger partial charge on any atom is 0.243 e. The van der Waals surface area contributed by atoms with Crippen molar-refractivity contribution in [2.75, 3.05) is 22.9 Å². The Morgan fingerprint density at radius 3 is 2.25 bits per heavy atom. The number of hydrogen-bond acceptors (Lipinski definition) is 4. The number of aryl methyl sites for hydroxylation is 2. The lowest BCUT2D eigenvalue weighted by atomic mass is 10.1. The van der Waals surface area contributed by atoms with Crippen molar-refractivity contribution in [3.8, 4) is 0 Å². The number of hydrogen-bond donors (Lipinski definition) is 1. The average molecular weight is 421 g/mol. The summed E-state index contributed by atoms with van der Waals surface area (Å²) in [5.41, 5.74) is 2.44. The van der Waals surface area contributed by atoms with E-state index in [4.69, 9.17) is 0 Å². The zero-order valence-electron chi connectivity index (χ0n) is 16.8. The molecule has 0 aromatic heterocycles. The third-order valence-corrected chi connectivity index (χ3v) is 6.40. The fourth-order valence-corrected chi connectivity index (χ4v) is 5.10. The molecule has 0 aliphatic rings. The largest absolute Gasteiger partial charge is 0.353 e. The molecule has 0 bridgehead atoms. The summed E-state index contributed by atoms with van der Waals surface area (Å²) in [6, 6.07) is 14.8. The Balaban J connectivity index is 2.11. The van der Waals surface area contributed by atoms with Crippen LogP contribution in [0.4, 0.5) is 5.69 Å². The van der Waals surface area contributed by atoms with Crippen LogP contribution in [0, 0.1) is 13.8 Å². The minimum absolute atomic E-state index is 0.277. The number of anilines is 1. The van der Waals surface area contributed by atoms with E-state index in [1.54, 1.807) is 23.9 Å². The van der Waals surface area contributed by atoms with Crippen LogP contribution in [0.5, 0.6) is 0 Å². The predicted molar refractivity (Wildman–Crippen MR) is 117 cm³/mol. The summed E-state index contributed by atoms with van der Waals surface area (Å²) in [5.74, 6) is 0.440. The van der Waals surface area contributed by atoms with E-state index in [1.165, 1.54) is 4.31 Å². The van der Waals surface area contributed by atoms with Crippen LogP contribution in [0.25, 0.3) is 0 Å². The molecule has 0 aliphatic heterocycles. The molecule has 0 saturated carbocycles. The molecule has 0 heterocycles. The highest BCUT2D eigenvalue weighted by Crippen LogP contribution is 2.25. The first kappa shape index (κ1) is 22.3. The monoisotopic (exact) mass is 420 g/mol. The number of nitrogens with one attached hydrogen (secondary N) is 1. The minimum Gasteiger partial charge on any atom is -0.353 e. The molecule has 5 nitrogen and oxygen atoms in total. The molecule has 28 heavy (non-hydrogen) atoms. The highest BCUT2D eigenvalue weighted by molar-refractivity contribution is 7.99. The molecular weight excluding hydrogens is 392 g/mol. The first-order valence-electron chi connectivity index (χ1n) is 9.25. The summed E-state index contributed by atoms with van der Waals surface area (Å²) >= 11 is 1.65. The standard InChI is InChI=1S/C21H28N2O3S2/c1-5-20(21(24)22-11-12-27-19-9-7-6-8-10-19)23(28(4,25)26)18-14-16(2)13-17(3)15-18/h6-10,13-15,20H,5,11-12H2,1-4H3,(H,22,24). The van der Waals surface area contributed by atoms with Crippen molar-refractivity contribution in [1.29, 1.82) is 0 Å². The summed E-state index contributed by atoms with van der Waals surface area (Å²) in [6.07, 6.45) is 1.53. The van der Waals surface area contributed by atoms with Gasteiger partial charge >= 0.3 is 0 Å². The van der Waals surface area contributed by atoms with Gasteiger partial charge in [-0.15, -0.1) is 11.8 Å². The van der Waals surface area contributed by atoms with E-state index in [-0.39, 0.29) is 5.91 Å². The highest BCUT2D eigenvalue weighted by atomic mass is 32.2. The fraction of sp³-hybridized carbons (Fsp3) is 0.381. The topological polar surface area (TPSA) is 66.5 Å². The van der Waals surface area contributed by atoms with Gasteiger partial charge in [0.25, 0.3) is 0 Å². The third-order valence-electron chi connectivity index (χ3n) is 4.20. The Labute approximate surface area is 172 Å². The van der Waals surface area contributed by atoms with Gasteiger partial charge in [0, 0.05) is 17.2 Å². The van der Waals surface area contributed by atoms with Crippen molar-refractivity contribution in [3.63, 3.8) is 0 Å². The molecule has 0 spiro atoms. The minimum atomic E-state index is -3.61. The lowest BCUT2D eigenvalue weighted by Crippen LogP contribution is -2.49. The molecule has 1 atom stereocenters. The second-order valence-electron chi connectivity index (χ2n) is 6.78. The van der Waals surface area contributed by atoms with Gasteiger partial charge in [0.15, 0.2) is 0 Å². The first-order chi connectivity index (χ1) is 13.2. The summed E-state index contributed by atoms with van der Waals surface area (Å²) in [5, 5.41) is 2.89. The Morgan fingerprint density at radius 1 is 1.11 bits per heavy atom. The molecule has 0 aliphatic carbocycles. The maximum atomic E-state index is 12.8. The van der Waals surface area contributed by atoms with Gasteiger partial charge in [-0.3, -0.25) is 9.10 Å². The van der Waals surface area contributed by atoms with Crippen molar-refractivity contribution in [1.82, 2.24) is 5.32 Å². The van der Waals surface area contributed by atoms with Crippen LogP contribution >= 0.6 is 11.8 Å². The van der Waals surface area contributed by atoms with Gasteiger partial charge in [-0.05, 0) is 55.7 Å². The van der Waals surface area contributed by atoms with E-state index in [0.29, 0.717) is 24.4 Å². The molecule has 1 amide bonds. The molecule has 0 fully saturated rings. The third kappa shape index (κ3) is 6.27. The first-order valence-corrected chi connectivity index (χ1v) is 12.1. The zero-order chi connectivity index (χ0) is 20.7. The Morgan fingerprint density at radius 2 is 1.71 bits per heavy atom. The number of sulfonamides is 1. The van der Waals surface area contributed by atoms with Crippen molar-refractivity contribution >= 4 is 33.4 Å². The Bertz CT molecular complexity index is 879. The van der Waals surface area contributed by atoms with Crippen LogP contribution in [0.1, 0.15) is 24.5 Å². The summed E-state index contributed by atoms with van der Waals surface area (Å²) < 4.78 is 26.3. The van der Waals surface area contributed by atoms with Gasteiger partial charge in [-0.25, -0.2) is 8.42 Å². The van der Waals surface area contributed by atoms with Crippen LogP contribution in [-0.4, -0.2) is 38.9 Å². The quantitative estimate of drug-likeness (QED) is 0.496. The number of benzene rings is 2. The van der Waals surface area contributed by atoms with Gasteiger partial charge in [0.1, 0.15) is 6.04 Å². The Hall–Kier alpha value is -1.99. The molecular formula is C21H28N2O3S2. The highest BCUT2D eigenvalue weighted by Gasteiger charge is 2.31. The van der Waals surface area contributed by atoms with E-state index in [0.717, 1.165) is 22.3 Å². The number of carbonyl (C=O) groups excluding carboxylic acids is 1. The van der Waals surface area contributed by atoms with Gasteiger partial charge in [0.2, 0.25) is 15.9 Å². The molecule has 2 aromatic carbocycles. The van der Waals surface area contributed by atoms with E-state index in [1.807, 2.05) is 57.2 Å². The zero-order valence-corrected chi connectivity index (χ0v) is 18.4. The summed E-state index contributed by atoms with van der Waals surface area (Å²) in [7, 11) is -3.61. The summed E-state index contributed by atoms with van der Waals surface area (Å²) in [6.45, 7) is 6.13. The normalized spacial score (nSPS) is 12.4. The van der Waals surface area contributed by atoms with Crippen LogP contribution in [0.15, 0.2) is 53.4 Å². The number of thioether (sulfide) groups is 1. The van der Waals surface area contributed by atoms with Crippen LogP contribution in [0.3, 0.4) is 0 Å². The van der Waals surface area contributed by atoms with Gasteiger partial charge in [-0.2, -0.15) is 0 Å². The molecule has 0 saturated heterocycles. The number of nitrogens with zero attached hydrogens (tertiary/aromatic N) is 1. The predicted octanol–water partition coefficient (Wildman–Crippen LogP) is 3.76. The van der Waals surface area contributed by atoms with Crippen LogP contribution in [-0.2, 0) is 14.8 Å². The summed E-state index contributed by atoms with van der Waals surface area (Å²) in [4.78, 5) is 13.9. The van der Waals surface area contributed by atoms with Crippen LogP contribution in [0.2, 0.25) is 0 Å². The number of rotatable bonds is 9. The average Bonchev–Trinajstić information content (AvgIpc) is 2.61. The lowest BCUT2D eigenvalue weighted by molar-refractivity contribution is -0.122. The van der Waals surface area contributed by atoms with E-state index in [9.17, 15) is 13.2 Å². The molecule has 152 valence electrons. The molecule has 2 rings (SSSR count). The SMILES string of the molecule is CCC(C(=O)NCCSc1ccccc1)N(c1cc(C)cc(C)c1)S(C)(=O)=O. The number of amides is 1. The fourth-order valence-electron chi connectivity index (χ4n) is 3.12. The number of carbonyl (C=O) groups is 1.